The maximum atomic E-state index is 12.2. The number of H-pyrrole nitrogens is 1. The van der Waals surface area contributed by atoms with Gasteiger partial charge in [-0.25, -0.2) is 9.97 Å². The monoisotopic (exact) mass is 309 g/mol. The zero-order valence-corrected chi connectivity index (χ0v) is 13.2. The molecule has 23 heavy (non-hydrogen) atoms. The van der Waals surface area contributed by atoms with Crippen LogP contribution in [0.2, 0.25) is 0 Å². The molecule has 0 aliphatic heterocycles. The number of hydrogen-bond donors (Lipinski definition) is 2. The molecule has 0 bridgehead atoms. The molecule has 2 aromatic heterocycles. The van der Waals surface area contributed by atoms with Gasteiger partial charge in [0.15, 0.2) is 5.82 Å². The number of carbonyl (C=O) groups excluding carboxylic acids is 1. The van der Waals surface area contributed by atoms with Gasteiger partial charge in [-0.1, -0.05) is 18.2 Å². The highest BCUT2D eigenvalue weighted by Gasteiger charge is 2.11. The summed E-state index contributed by atoms with van der Waals surface area (Å²) in [4.78, 5) is 25.4. The zero-order valence-electron chi connectivity index (χ0n) is 13.2. The van der Waals surface area contributed by atoms with E-state index in [9.17, 15) is 4.79 Å². The molecule has 1 amide bonds. The van der Waals surface area contributed by atoms with Crippen molar-refractivity contribution in [2.45, 2.75) is 12.8 Å². The van der Waals surface area contributed by atoms with Gasteiger partial charge in [0.1, 0.15) is 12.0 Å². The van der Waals surface area contributed by atoms with Crippen LogP contribution in [0.25, 0.3) is 10.9 Å². The fourth-order valence-electron chi connectivity index (χ4n) is 2.57. The molecular formula is C17H19N5O. The summed E-state index contributed by atoms with van der Waals surface area (Å²) < 4.78 is 0. The van der Waals surface area contributed by atoms with Crippen LogP contribution in [0.4, 0.5) is 11.5 Å². The van der Waals surface area contributed by atoms with E-state index in [4.69, 9.17) is 0 Å². The Balaban J connectivity index is 1.66. The van der Waals surface area contributed by atoms with Crippen LogP contribution in [0.15, 0.2) is 43.0 Å². The molecule has 0 aliphatic carbocycles. The molecule has 0 saturated heterocycles. The van der Waals surface area contributed by atoms with Gasteiger partial charge in [-0.2, -0.15) is 0 Å². The minimum atomic E-state index is -0.0480. The molecule has 2 N–H and O–H groups in total. The van der Waals surface area contributed by atoms with Crippen molar-refractivity contribution in [3.8, 4) is 0 Å². The van der Waals surface area contributed by atoms with Gasteiger partial charge in [-0.3, -0.25) is 4.79 Å². The van der Waals surface area contributed by atoms with Gasteiger partial charge in [0.05, 0.1) is 6.20 Å². The van der Waals surface area contributed by atoms with Crippen molar-refractivity contribution in [2.75, 3.05) is 24.3 Å². The summed E-state index contributed by atoms with van der Waals surface area (Å²) in [6.45, 7) is 0. The van der Waals surface area contributed by atoms with Crippen molar-refractivity contribution in [3.05, 3.63) is 48.5 Å². The first-order valence-corrected chi connectivity index (χ1v) is 7.47. The summed E-state index contributed by atoms with van der Waals surface area (Å²) >= 11 is 0. The van der Waals surface area contributed by atoms with E-state index in [0.717, 1.165) is 16.5 Å². The number of fused-ring (bicyclic) bond motifs is 1. The number of nitrogens with zero attached hydrogens (tertiary/aromatic N) is 3. The second-order valence-corrected chi connectivity index (χ2v) is 5.56. The van der Waals surface area contributed by atoms with Gasteiger partial charge in [0.2, 0.25) is 5.91 Å². The Morgan fingerprint density at radius 3 is 2.96 bits per heavy atom. The SMILES string of the molecule is CN(C)c1ncncc1NC(=O)CCc1c[nH]c2ccccc12. The second-order valence-electron chi connectivity index (χ2n) is 5.56. The minimum absolute atomic E-state index is 0.0480. The molecule has 3 rings (SSSR count). The summed E-state index contributed by atoms with van der Waals surface area (Å²) in [7, 11) is 3.76. The van der Waals surface area contributed by atoms with E-state index >= 15 is 0 Å². The van der Waals surface area contributed by atoms with E-state index in [-0.39, 0.29) is 5.91 Å². The molecule has 2 heterocycles. The van der Waals surface area contributed by atoms with E-state index in [1.165, 1.54) is 6.33 Å². The number of aryl methyl sites for hydroxylation is 1. The number of anilines is 2. The maximum Gasteiger partial charge on any atom is 0.224 e. The van der Waals surface area contributed by atoms with Crippen LogP contribution in [0.5, 0.6) is 0 Å². The van der Waals surface area contributed by atoms with Crippen molar-refractivity contribution in [1.29, 1.82) is 0 Å². The first-order valence-electron chi connectivity index (χ1n) is 7.47. The molecule has 0 atom stereocenters. The number of carbonyl (C=O) groups is 1. The summed E-state index contributed by atoms with van der Waals surface area (Å²) in [5.74, 6) is 0.647. The molecule has 6 heteroatoms. The highest BCUT2D eigenvalue weighted by molar-refractivity contribution is 5.94. The third-order valence-corrected chi connectivity index (χ3v) is 3.69. The molecule has 0 fully saturated rings. The Kier molecular flexibility index (Phi) is 4.23. The minimum Gasteiger partial charge on any atom is -0.361 e. The molecular weight excluding hydrogens is 290 g/mol. The second kappa shape index (κ2) is 6.48. The van der Waals surface area contributed by atoms with Crippen LogP contribution in [-0.4, -0.2) is 35.0 Å². The number of benzene rings is 1. The number of hydrogen-bond acceptors (Lipinski definition) is 4. The number of amides is 1. The van der Waals surface area contributed by atoms with Crippen molar-refractivity contribution >= 4 is 28.3 Å². The maximum absolute atomic E-state index is 12.2. The van der Waals surface area contributed by atoms with Gasteiger partial charge in [0.25, 0.3) is 0 Å². The summed E-state index contributed by atoms with van der Waals surface area (Å²) in [6.07, 6.45) is 6.14. The van der Waals surface area contributed by atoms with E-state index in [2.05, 4.69) is 26.3 Å². The van der Waals surface area contributed by atoms with E-state index in [1.807, 2.05) is 43.4 Å². The Morgan fingerprint density at radius 1 is 1.30 bits per heavy atom. The van der Waals surface area contributed by atoms with Crippen LogP contribution in [-0.2, 0) is 11.2 Å². The average molecular weight is 309 g/mol. The van der Waals surface area contributed by atoms with Crippen molar-refractivity contribution in [3.63, 3.8) is 0 Å². The first kappa shape index (κ1) is 15.0. The van der Waals surface area contributed by atoms with Gasteiger partial charge in [0, 0.05) is 37.6 Å². The standard InChI is InChI=1S/C17H19N5O/c1-22(2)17-15(10-18-11-20-17)21-16(23)8-7-12-9-19-14-6-4-3-5-13(12)14/h3-6,9-11,19H,7-8H2,1-2H3,(H,21,23). The lowest BCUT2D eigenvalue weighted by molar-refractivity contribution is -0.116. The Morgan fingerprint density at radius 2 is 2.13 bits per heavy atom. The molecule has 6 nitrogen and oxygen atoms in total. The largest absolute Gasteiger partial charge is 0.361 e. The lowest BCUT2D eigenvalue weighted by Crippen LogP contribution is -2.18. The molecule has 0 unspecified atom stereocenters. The number of aromatic amines is 1. The fourth-order valence-corrected chi connectivity index (χ4v) is 2.57. The smallest absolute Gasteiger partial charge is 0.224 e. The van der Waals surface area contributed by atoms with Gasteiger partial charge in [-0.05, 0) is 18.1 Å². The number of nitrogens with one attached hydrogen (secondary N) is 2. The normalized spacial score (nSPS) is 10.7. The quantitative estimate of drug-likeness (QED) is 0.760. The van der Waals surface area contributed by atoms with E-state index in [1.54, 1.807) is 6.20 Å². The predicted octanol–water partition coefficient (Wildman–Crippen LogP) is 2.60. The summed E-state index contributed by atoms with van der Waals surface area (Å²) in [5, 5.41) is 4.05. The average Bonchev–Trinajstić information content (AvgIpc) is 2.96. The number of rotatable bonds is 5. The Labute approximate surface area is 134 Å². The van der Waals surface area contributed by atoms with Crippen molar-refractivity contribution < 1.29 is 4.79 Å². The van der Waals surface area contributed by atoms with Crippen LogP contribution >= 0.6 is 0 Å². The molecule has 3 aromatic rings. The van der Waals surface area contributed by atoms with Crippen LogP contribution in [0, 0.1) is 0 Å². The number of para-hydroxylation sites is 1. The topological polar surface area (TPSA) is 73.9 Å². The third-order valence-electron chi connectivity index (χ3n) is 3.69. The zero-order chi connectivity index (χ0) is 16.2. The molecule has 0 spiro atoms. The lowest BCUT2D eigenvalue weighted by atomic mass is 10.1. The first-order chi connectivity index (χ1) is 11.1. The third kappa shape index (κ3) is 3.31. The Hall–Kier alpha value is -2.89. The molecule has 1 aromatic carbocycles. The highest BCUT2D eigenvalue weighted by atomic mass is 16.1. The van der Waals surface area contributed by atoms with Crippen LogP contribution < -0.4 is 10.2 Å². The van der Waals surface area contributed by atoms with Gasteiger partial charge >= 0.3 is 0 Å². The van der Waals surface area contributed by atoms with Gasteiger partial charge in [-0.15, -0.1) is 0 Å². The van der Waals surface area contributed by atoms with E-state index in [0.29, 0.717) is 24.3 Å². The number of aromatic nitrogens is 3. The van der Waals surface area contributed by atoms with Gasteiger partial charge < -0.3 is 15.2 Å². The van der Waals surface area contributed by atoms with Crippen LogP contribution in [0.3, 0.4) is 0 Å². The lowest BCUT2D eigenvalue weighted by Gasteiger charge is -2.15. The van der Waals surface area contributed by atoms with E-state index < -0.39 is 0 Å². The highest BCUT2D eigenvalue weighted by Crippen LogP contribution is 2.21. The van der Waals surface area contributed by atoms with Crippen molar-refractivity contribution in [2.24, 2.45) is 0 Å². The molecule has 0 saturated carbocycles. The van der Waals surface area contributed by atoms with Crippen LogP contribution in [0.1, 0.15) is 12.0 Å². The fraction of sp³-hybridized carbons (Fsp3) is 0.235. The predicted molar refractivity (Wildman–Crippen MR) is 91.6 cm³/mol. The summed E-state index contributed by atoms with van der Waals surface area (Å²) in [6, 6.07) is 8.09. The Bertz CT molecular complexity index is 824. The molecule has 0 radical (unpaired) electrons. The molecule has 0 aliphatic rings. The summed E-state index contributed by atoms with van der Waals surface area (Å²) in [5.41, 5.74) is 2.86. The molecule has 118 valence electrons. The van der Waals surface area contributed by atoms with Crippen molar-refractivity contribution in [1.82, 2.24) is 15.0 Å².